The van der Waals surface area contributed by atoms with Crippen molar-refractivity contribution in [1.82, 2.24) is 20.4 Å². The number of piperidine rings is 1. The Labute approximate surface area is 137 Å². The minimum absolute atomic E-state index is 0.0984. The average molecular weight is 320 g/mol. The van der Waals surface area contributed by atoms with E-state index in [2.05, 4.69) is 20.4 Å². The molecule has 1 aromatic heterocycles. The molecule has 2 fully saturated rings. The van der Waals surface area contributed by atoms with Crippen LogP contribution in [0.1, 0.15) is 61.1 Å². The third kappa shape index (κ3) is 4.32. The van der Waals surface area contributed by atoms with Gasteiger partial charge in [0.05, 0.1) is 5.60 Å². The molecule has 3 N–H and O–H groups in total. The second kappa shape index (κ2) is 7.01. The molecule has 0 unspecified atom stereocenters. The first-order chi connectivity index (χ1) is 11.0. The number of aliphatic hydroxyl groups is 1. The molecule has 0 radical (unpaired) electrons. The second-order valence-electron chi connectivity index (χ2n) is 7.25. The van der Waals surface area contributed by atoms with Crippen molar-refractivity contribution in [2.45, 2.75) is 63.5 Å². The summed E-state index contributed by atoms with van der Waals surface area (Å²) in [5.41, 5.74) is 0.869. The quantitative estimate of drug-likeness (QED) is 0.787. The maximum atomic E-state index is 12.1. The van der Waals surface area contributed by atoms with Crippen molar-refractivity contribution in [1.29, 1.82) is 0 Å². The molecule has 1 aliphatic heterocycles. The van der Waals surface area contributed by atoms with Gasteiger partial charge in [-0.15, -0.1) is 0 Å². The maximum Gasteiger partial charge on any atom is 0.271 e. The molecule has 2 heterocycles. The summed E-state index contributed by atoms with van der Waals surface area (Å²) in [4.78, 5) is 14.5. The molecular weight excluding hydrogens is 292 g/mol. The normalized spacial score (nSPS) is 22.9. The van der Waals surface area contributed by atoms with Crippen LogP contribution in [0.3, 0.4) is 0 Å². The summed E-state index contributed by atoms with van der Waals surface area (Å²) in [7, 11) is 0. The van der Waals surface area contributed by atoms with Crippen LogP contribution in [0.2, 0.25) is 0 Å². The highest BCUT2D eigenvalue weighted by Gasteiger charge is 2.33. The number of aromatic amines is 1. The lowest BCUT2D eigenvalue weighted by Gasteiger charge is -2.40. The molecule has 128 valence electrons. The lowest BCUT2D eigenvalue weighted by molar-refractivity contribution is -0.0312. The first kappa shape index (κ1) is 16.5. The second-order valence-corrected chi connectivity index (χ2v) is 7.25. The Morgan fingerprint density at radius 3 is 2.70 bits per heavy atom. The van der Waals surface area contributed by atoms with Gasteiger partial charge in [0.2, 0.25) is 0 Å². The molecule has 1 aliphatic carbocycles. The first-order valence-electron chi connectivity index (χ1n) is 8.82. The van der Waals surface area contributed by atoms with Crippen molar-refractivity contribution in [3.05, 3.63) is 17.5 Å². The van der Waals surface area contributed by atoms with Gasteiger partial charge in [-0.2, -0.15) is 5.10 Å². The van der Waals surface area contributed by atoms with Crippen LogP contribution in [0.4, 0.5) is 0 Å². The fraction of sp³-hybridized carbons (Fsp3) is 0.765. The molecule has 0 atom stereocenters. The van der Waals surface area contributed by atoms with Gasteiger partial charge in [0.1, 0.15) is 5.69 Å². The summed E-state index contributed by atoms with van der Waals surface area (Å²) in [6.07, 6.45) is 7.28. The van der Waals surface area contributed by atoms with E-state index >= 15 is 0 Å². The Morgan fingerprint density at radius 1 is 1.39 bits per heavy atom. The highest BCUT2D eigenvalue weighted by atomic mass is 16.3. The van der Waals surface area contributed by atoms with Crippen LogP contribution in [0.25, 0.3) is 0 Å². The standard InChI is InChI=1S/C17H28N4O2/c1-13-11-15(20-19-13)16(22)18-14-5-9-21(10-6-14)12-17(23)7-3-2-4-8-17/h11,14,23H,2-10,12H2,1H3,(H,18,22)(H,19,20). The molecule has 1 aromatic rings. The number of nitrogens with one attached hydrogen (secondary N) is 2. The van der Waals surface area contributed by atoms with Crippen LogP contribution >= 0.6 is 0 Å². The minimum atomic E-state index is -0.485. The molecule has 6 heteroatoms. The minimum Gasteiger partial charge on any atom is -0.389 e. The van der Waals surface area contributed by atoms with Gasteiger partial charge >= 0.3 is 0 Å². The van der Waals surface area contributed by atoms with Gasteiger partial charge in [-0.1, -0.05) is 19.3 Å². The van der Waals surface area contributed by atoms with E-state index in [0.29, 0.717) is 5.69 Å². The average Bonchev–Trinajstić information content (AvgIpc) is 2.96. The van der Waals surface area contributed by atoms with Gasteiger partial charge < -0.3 is 15.3 Å². The van der Waals surface area contributed by atoms with Gasteiger partial charge in [0.15, 0.2) is 0 Å². The van der Waals surface area contributed by atoms with Crippen molar-refractivity contribution in [3.8, 4) is 0 Å². The molecule has 0 aromatic carbocycles. The fourth-order valence-electron chi connectivity index (χ4n) is 3.81. The van der Waals surface area contributed by atoms with Crippen LogP contribution in [-0.2, 0) is 0 Å². The van der Waals surface area contributed by atoms with Crippen LogP contribution in [0, 0.1) is 6.92 Å². The number of likely N-dealkylation sites (tertiary alicyclic amines) is 1. The predicted molar refractivity (Wildman–Crippen MR) is 88.3 cm³/mol. The van der Waals surface area contributed by atoms with Gasteiger partial charge in [0, 0.05) is 31.4 Å². The van der Waals surface area contributed by atoms with Crippen molar-refractivity contribution in [3.63, 3.8) is 0 Å². The zero-order valence-corrected chi connectivity index (χ0v) is 14.0. The Bertz CT molecular complexity index is 528. The molecule has 0 spiro atoms. The fourth-order valence-corrected chi connectivity index (χ4v) is 3.81. The number of H-pyrrole nitrogens is 1. The Balaban J connectivity index is 1.44. The van der Waals surface area contributed by atoms with Crippen LogP contribution < -0.4 is 5.32 Å². The highest BCUT2D eigenvalue weighted by molar-refractivity contribution is 5.92. The van der Waals surface area contributed by atoms with Crippen LogP contribution in [0.15, 0.2) is 6.07 Å². The molecule has 1 amide bonds. The topological polar surface area (TPSA) is 81.2 Å². The zero-order chi connectivity index (χ0) is 16.3. The number of hydrogen-bond donors (Lipinski definition) is 3. The lowest BCUT2D eigenvalue weighted by Crippen LogP contribution is -2.50. The highest BCUT2D eigenvalue weighted by Crippen LogP contribution is 2.29. The zero-order valence-electron chi connectivity index (χ0n) is 14.0. The largest absolute Gasteiger partial charge is 0.389 e. The maximum absolute atomic E-state index is 12.1. The molecule has 1 saturated carbocycles. The summed E-state index contributed by atoms with van der Waals surface area (Å²) >= 11 is 0. The molecule has 1 saturated heterocycles. The summed E-state index contributed by atoms with van der Waals surface area (Å²) in [6.45, 7) is 4.55. The number of nitrogens with zero attached hydrogens (tertiary/aromatic N) is 2. The monoisotopic (exact) mass is 320 g/mol. The lowest BCUT2D eigenvalue weighted by atomic mass is 9.84. The van der Waals surface area contributed by atoms with Crippen molar-refractivity contribution in [2.75, 3.05) is 19.6 Å². The van der Waals surface area contributed by atoms with E-state index in [1.807, 2.05) is 6.92 Å². The first-order valence-corrected chi connectivity index (χ1v) is 8.82. The SMILES string of the molecule is Cc1cc(C(=O)NC2CCN(CC3(O)CCCCC3)CC2)n[nH]1. The van der Waals surface area contributed by atoms with Crippen molar-refractivity contribution >= 4 is 5.91 Å². The third-order valence-electron chi connectivity index (χ3n) is 5.16. The number of carbonyl (C=O) groups is 1. The number of rotatable bonds is 4. The van der Waals surface area contributed by atoms with E-state index in [-0.39, 0.29) is 11.9 Å². The van der Waals surface area contributed by atoms with Crippen molar-refractivity contribution in [2.24, 2.45) is 0 Å². The van der Waals surface area contributed by atoms with E-state index in [9.17, 15) is 9.90 Å². The van der Waals surface area contributed by atoms with E-state index in [1.54, 1.807) is 6.07 Å². The van der Waals surface area contributed by atoms with Gasteiger partial charge in [-0.25, -0.2) is 0 Å². The number of carbonyl (C=O) groups excluding carboxylic acids is 1. The predicted octanol–water partition coefficient (Wildman–Crippen LogP) is 1.61. The summed E-state index contributed by atoms with van der Waals surface area (Å²) in [5.74, 6) is -0.0984. The van der Waals surface area contributed by atoms with Gasteiger partial charge in [0.25, 0.3) is 5.91 Å². The smallest absolute Gasteiger partial charge is 0.271 e. The number of β-amino-alcohol motifs (C(OH)–C–C–N with tert-alkyl or cyclic N) is 1. The van der Waals surface area contributed by atoms with Crippen LogP contribution in [0.5, 0.6) is 0 Å². The Hall–Kier alpha value is -1.40. The number of hydrogen-bond acceptors (Lipinski definition) is 4. The van der Waals surface area contributed by atoms with Gasteiger partial charge in [-0.05, 0) is 38.7 Å². The third-order valence-corrected chi connectivity index (χ3v) is 5.16. The Morgan fingerprint density at radius 2 is 2.09 bits per heavy atom. The van der Waals surface area contributed by atoms with E-state index in [4.69, 9.17) is 0 Å². The number of amides is 1. The van der Waals surface area contributed by atoms with E-state index < -0.39 is 5.60 Å². The number of aryl methyl sites for hydroxylation is 1. The van der Waals surface area contributed by atoms with Crippen molar-refractivity contribution < 1.29 is 9.90 Å². The summed E-state index contributed by atoms with van der Waals surface area (Å²) in [6, 6.07) is 1.97. The van der Waals surface area contributed by atoms with E-state index in [1.165, 1.54) is 6.42 Å². The summed E-state index contributed by atoms with van der Waals surface area (Å²) < 4.78 is 0. The molecule has 6 nitrogen and oxygen atoms in total. The molecule has 3 rings (SSSR count). The molecule has 23 heavy (non-hydrogen) atoms. The molecule has 0 bridgehead atoms. The van der Waals surface area contributed by atoms with Crippen LogP contribution in [-0.4, -0.2) is 57.4 Å². The Kier molecular flexibility index (Phi) is 5.02. The molecule has 2 aliphatic rings. The molecular formula is C17H28N4O2. The van der Waals surface area contributed by atoms with Gasteiger partial charge in [-0.3, -0.25) is 9.89 Å². The number of aromatic nitrogens is 2. The van der Waals surface area contributed by atoms with E-state index in [0.717, 1.165) is 63.9 Å². The summed E-state index contributed by atoms with van der Waals surface area (Å²) in [5, 5.41) is 20.5.